The summed E-state index contributed by atoms with van der Waals surface area (Å²) in [5, 5.41) is 2.18. The van der Waals surface area contributed by atoms with Crippen LogP contribution in [-0.2, 0) is 0 Å². The van der Waals surface area contributed by atoms with Gasteiger partial charge in [0, 0.05) is 16.6 Å². The fourth-order valence-electron chi connectivity index (χ4n) is 3.08. The third kappa shape index (κ3) is 3.78. The Balaban J connectivity index is 1.72. The first kappa shape index (κ1) is 19.3. The number of aromatic nitrogens is 1. The van der Waals surface area contributed by atoms with E-state index in [1.165, 1.54) is 11.3 Å². The largest absolute Gasteiger partial charge is 0.309 e. The number of anilines is 1. The lowest BCUT2D eigenvalue weighted by Crippen LogP contribution is -2.33. The molecule has 0 aliphatic heterocycles. The molecule has 0 saturated carbocycles. The van der Waals surface area contributed by atoms with E-state index in [0.29, 0.717) is 16.4 Å². The van der Waals surface area contributed by atoms with Gasteiger partial charge in [-0.1, -0.05) is 53.3 Å². The molecule has 0 atom stereocenters. The number of amides is 1. The van der Waals surface area contributed by atoms with E-state index in [1.54, 1.807) is 16.2 Å². The minimum atomic E-state index is -0.0796. The number of hydrogen-bond donors (Lipinski definition) is 0. The molecule has 4 nitrogen and oxygen atoms in total. The highest BCUT2D eigenvalue weighted by Crippen LogP contribution is 2.37. The number of thiazole rings is 1. The topological polar surface area (TPSA) is 36.4 Å². The van der Waals surface area contributed by atoms with Crippen LogP contribution in [0.15, 0.2) is 48.5 Å². The van der Waals surface area contributed by atoms with Gasteiger partial charge in [-0.2, -0.15) is 0 Å². The number of benzene rings is 2. The summed E-state index contributed by atoms with van der Waals surface area (Å²) in [5.41, 5.74) is 0.912. The van der Waals surface area contributed by atoms with Crippen LogP contribution in [0.25, 0.3) is 20.3 Å². The standard InChI is InChI=1S/C21H20ClN3OS2/c1-24(2)12-7-13-25(21-23-15-9-4-6-11-17(15)28-21)20(26)19-18(22)14-8-3-5-10-16(14)27-19/h3-6,8-11H,7,12-13H2,1-2H3. The first-order valence-electron chi connectivity index (χ1n) is 9.04. The Morgan fingerprint density at radius 1 is 1.00 bits per heavy atom. The molecule has 144 valence electrons. The molecule has 7 heteroatoms. The fraction of sp³-hybridized carbons (Fsp3) is 0.238. The Morgan fingerprint density at radius 2 is 1.71 bits per heavy atom. The number of halogens is 1. The van der Waals surface area contributed by atoms with Crippen molar-refractivity contribution < 1.29 is 4.79 Å². The third-order valence-electron chi connectivity index (χ3n) is 4.47. The van der Waals surface area contributed by atoms with E-state index in [2.05, 4.69) is 4.90 Å². The number of fused-ring (bicyclic) bond motifs is 2. The Kier molecular flexibility index (Phi) is 5.64. The average Bonchev–Trinajstić information content (AvgIpc) is 3.26. The quantitative estimate of drug-likeness (QED) is 0.390. The summed E-state index contributed by atoms with van der Waals surface area (Å²) in [6, 6.07) is 15.8. The molecule has 1 amide bonds. The molecule has 0 unspecified atom stereocenters. The summed E-state index contributed by atoms with van der Waals surface area (Å²) >= 11 is 9.57. The van der Waals surface area contributed by atoms with Crippen LogP contribution in [0.5, 0.6) is 0 Å². The molecule has 0 saturated heterocycles. The molecule has 0 aliphatic carbocycles. The van der Waals surface area contributed by atoms with Gasteiger partial charge in [-0.3, -0.25) is 9.69 Å². The van der Waals surface area contributed by atoms with Crippen molar-refractivity contribution in [3.05, 3.63) is 58.4 Å². The van der Waals surface area contributed by atoms with Gasteiger partial charge in [-0.25, -0.2) is 4.98 Å². The van der Waals surface area contributed by atoms with Crippen LogP contribution in [0.2, 0.25) is 5.02 Å². The highest BCUT2D eigenvalue weighted by atomic mass is 35.5. The van der Waals surface area contributed by atoms with E-state index >= 15 is 0 Å². The maximum absolute atomic E-state index is 13.5. The summed E-state index contributed by atoms with van der Waals surface area (Å²) in [5.74, 6) is -0.0796. The van der Waals surface area contributed by atoms with Crippen molar-refractivity contribution in [1.82, 2.24) is 9.88 Å². The number of thiophene rings is 1. The maximum atomic E-state index is 13.5. The van der Waals surface area contributed by atoms with Crippen LogP contribution in [0.4, 0.5) is 5.13 Å². The van der Waals surface area contributed by atoms with E-state index in [-0.39, 0.29) is 5.91 Å². The van der Waals surface area contributed by atoms with Crippen LogP contribution in [0.1, 0.15) is 16.1 Å². The van der Waals surface area contributed by atoms with Gasteiger partial charge in [-0.05, 0) is 45.3 Å². The zero-order chi connectivity index (χ0) is 19.7. The molecule has 0 N–H and O–H groups in total. The lowest BCUT2D eigenvalue weighted by atomic mass is 10.2. The zero-order valence-corrected chi connectivity index (χ0v) is 18.1. The Bertz CT molecular complexity index is 1100. The summed E-state index contributed by atoms with van der Waals surface area (Å²) < 4.78 is 2.10. The van der Waals surface area contributed by atoms with Gasteiger partial charge in [-0.15, -0.1) is 11.3 Å². The minimum Gasteiger partial charge on any atom is -0.309 e. The Hall–Kier alpha value is -1.99. The lowest BCUT2D eigenvalue weighted by Gasteiger charge is -2.20. The van der Waals surface area contributed by atoms with Crippen molar-refractivity contribution in [2.75, 3.05) is 32.1 Å². The molecule has 0 radical (unpaired) electrons. The number of rotatable bonds is 6. The number of para-hydroxylation sites is 1. The second kappa shape index (κ2) is 8.17. The number of carbonyl (C=O) groups excluding carboxylic acids is 1. The van der Waals surface area contributed by atoms with Crippen molar-refractivity contribution >= 4 is 65.6 Å². The monoisotopic (exact) mass is 429 g/mol. The maximum Gasteiger partial charge on any atom is 0.271 e. The zero-order valence-electron chi connectivity index (χ0n) is 15.7. The molecule has 2 aromatic carbocycles. The summed E-state index contributed by atoms with van der Waals surface area (Å²) in [4.78, 5) is 22.7. The van der Waals surface area contributed by atoms with Gasteiger partial charge >= 0.3 is 0 Å². The molecule has 2 heterocycles. The molecule has 2 aromatic heterocycles. The van der Waals surface area contributed by atoms with Crippen LogP contribution in [-0.4, -0.2) is 43.0 Å². The second-order valence-corrected chi connectivity index (χ2v) is 9.26. The normalized spacial score (nSPS) is 11.6. The predicted molar refractivity (Wildman–Crippen MR) is 121 cm³/mol. The van der Waals surface area contributed by atoms with Gasteiger partial charge in [0.1, 0.15) is 4.88 Å². The molecular formula is C21H20ClN3OS2. The van der Waals surface area contributed by atoms with Crippen LogP contribution in [0, 0.1) is 0 Å². The molecule has 0 aliphatic rings. The summed E-state index contributed by atoms with van der Waals surface area (Å²) in [6.07, 6.45) is 0.858. The Labute approximate surface area is 177 Å². The van der Waals surface area contributed by atoms with E-state index in [1.807, 2.05) is 62.6 Å². The highest BCUT2D eigenvalue weighted by Gasteiger charge is 2.25. The smallest absolute Gasteiger partial charge is 0.271 e. The summed E-state index contributed by atoms with van der Waals surface area (Å²) in [6.45, 7) is 1.50. The first-order chi connectivity index (χ1) is 13.5. The highest BCUT2D eigenvalue weighted by molar-refractivity contribution is 7.23. The van der Waals surface area contributed by atoms with E-state index in [9.17, 15) is 4.79 Å². The van der Waals surface area contributed by atoms with Crippen LogP contribution in [0.3, 0.4) is 0 Å². The third-order valence-corrected chi connectivity index (χ3v) is 7.20. The molecule has 0 bridgehead atoms. The van der Waals surface area contributed by atoms with Gasteiger partial charge in [0.25, 0.3) is 5.91 Å². The van der Waals surface area contributed by atoms with Gasteiger partial charge in [0.15, 0.2) is 5.13 Å². The van der Waals surface area contributed by atoms with Gasteiger partial charge in [0.05, 0.1) is 15.2 Å². The van der Waals surface area contributed by atoms with Crippen molar-refractivity contribution in [1.29, 1.82) is 0 Å². The van der Waals surface area contributed by atoms with Crippen molar-refractivity contribution in [2.45, 2.75) is 6.42 Å². The molecule has 4 aromatic rings. The summed E-state index contributed by atoms with van der Waals surface area (Å²) in [7, 11) is 4.07. The molecule has 4 rings (SSSR count). The molecule has 28 heavy (non-hydrogen) atoms. The SMILES string of the molecule is CN(C)CCCN(C(=O)c1sc2ccccc2c1Cl)c1nc2ccccc2s1. The van der Waals surface area contributed by atoms with Gasteiger partial charge < -0.3 is 4.90 Å². The van der Waals surface area contributed by atoms with E-state index < -0.39 is 0 Å². The second-order valence-electron chi connectivity index (χ2n) is 6.82. The van der Waals surface area contributed by atoms with E-state index in [0.717, 1.165) is 38.4 Å². The lowest BCUT2D eigenvalue weighted by molar-refractivity contribution is 0.0990. The molecule has 0 spiro atoms. The first-order valence-corrected chi connectivity index (χ1v) is 11.0. The van der Waals surface area contributed by atoms with Crippen molar-refractivity contribution in [3.63, 3.8) is 0 Å². The van der Waals surface area contributed by atoms with Crippen molar-refractivity contribution in [3.8, 4) is 0 Å². The number of hydrogen-bond acceptors (Lipinski definition) is 5. The van der Waals surface area contributed by atoms with Crippen LogP contribution >= 0.6 is 34.3 Å². The molecular weight excluding hydrogens is 410 g/mol. The molecule has 0 fully saturated rings. The number of carbonyl (C=O) groups is 1. The fourth-order valence-corrected chi connectivity index (χ4v) is 5.53. The number of nitrogens with zero attached hydrogens (tertiary/aromatic N) is 3. The minimum absolute atomic E-state index is 0.0796. The van der Waals surface area contributed by atoms with Crippen molar-refractivity contribution in [2.24, 2.45) is 0 Å². The Morgan fingerprint density at radius 3 is 2.43 bits per heavy atom. The van der Waals surface area contributed by atoms with E-state index in [4.69, 9.17) is 16.6 Å². The van der Waals surface area contributed by atoms with Gasteiger partial charge in [0.2, 0.25) is 0 Å². The average molecular weight is 430 g/mol. The van der Waals surface area contributed by atoms with Crippen LogP contribution < -0.4 is 4.90 Å². The predicted octanol–water partition coefficient (Wildman–Crippen LogP) is 5.76.